The molecule has 0 aliphatic rings. The van der Waals surface area contributed by atoms with E-state index >= 15 is 0 Å². The number of amides is 3. The molecule has 4 aromatic rings. The van der Waals surface area contributed by atoms with Gasteiger partial charge in [-0.3, -0.25) is 14.4 Å². The minimum absolute atomic E-state index is 0.0198. The highest BCUT2D eigenvalue weighted by Gasteiger charge is 2.16. The number of nitrogens with one attached hydrogen (secondary N) is 3. The van der Waals surface area contributed by atoms with E-state index < -0.39 is 11.8 Å². The predicted molar refractivity (Wildman–Crippen MR) is 164 cm³/mol. The molecule has 0 saturated heterocycles. The first-order valence-electron chi connectivity index (χ1n) is 12.2. The summed E-state index contributed by atoms with van der Waals surface area (Å²) in [6.45, 7) is 1.96. The average Bonchev–Trinajstić information content (AvgIpc) is 2.94. The second-order valence-electron chi connectivity index (χ2n) is 8.71. The summed E-state index contributed by atoms with van der Waals surface area (Å²) in [6, 6.07) is 28.3. The number of anilines is 2. The van der Waals surface area contributed by atoms with Gasteiger partial charge < -0.3 is 16.0 Å². The fourth-order valence-corrected chi connectivity index (χ4v) is 4.78. The van der Waals surface area contributed by atoms with Crippen LogP contribution in [0, 0.1) is 6.92 Å². The molecule has 0 fully saturated rings. The Labute approximate surface area is 246 Å². The van der Waals surface area contributed by atoms with Gasteiger partial charge in [0.15, 0.2) is 0 Å². The molecule has 6 nitrogen and oxygen atoms in total. The minimum atomic E-state index is -0.556. The zero-order valence-corrected chi connectivity index (χ0v) is 23.7. The number of carbonyl (C=O) groups is 3. The fourth-order valence-electron chi connectivity index (χ4n) is 3.66. The standard InChI is InChI=1S/C31H25Cl2N3O3S/c1-20-8-5-12-23(16-20)34-28(37)19-40-25-14-7-13-24(18-25)35-31(39)27(17-22-11-6-15-26(32)29(22)33)36-30(38)21-9-3-2-4-10-21/h2-18H,19H2,1H3,(H,34,37)(H,35,39)(H,36,38)/b27-17+. The average molecular weight is 591 g/mol. The highest BCUT2D eigenvalue weighted by molar-refractivity contribution is 8.00. The monoisotopic (exact) mass is 589 g/mol. The largest absolute Gasteiger partial charge is 0.325 e. The van der Waals surface area contributed by atoms with Crippen molar-refractivity contribution in [3.8, 4) is 0 Å². The van der Waals surface area contributed by atoms with Crippen LogP contribution in [0.15, 0.2) is 108 Å². The maximum absolute atomic E-state index is 13.3. The molecule has 0 aliphatic heterocycles. The zero-order valence-electron chi connectivity index (χ0n) is 21.4. The van der Waals surface area contributed by atoms with Gasteiger partial charge in [-0.2, -0.15) is 0 Å². The van der Waals surface area contributed by atoms with Gasteiger partial charge in [0.1, 0.15) is 5.70 Å². The van der Waals surface area contributed by atoms with E-state index in [0.29, 0.717) is 21.8 Å². The lowest BCUT2D eigenvalue weighted by Gasteiger charge is -2.13. The molecule has 0 aliphatic carbocycles. The Kier molecular flexibility index (Phi) is 10.0. The maximum atomic E-state index is 13.3. The molecule has 0 bridgehead atoms. The lowest BCUT2D eigenvalue weighted by atomic mass is 10.1. The molecular weight excluding hydrogens is 565 g/mol. The van der Waals surface area contributed by atoms with Crippen molar-refractivity contribution in [1.82, 2.24) is 5.32 Å². The Balaban J connectivity index is 1.48. The van der Waals surface area contributed by atoms with E-state index in [1.165, 1.54) is 17.8 Å². The van der Waals surface area contributed by atoms with Gasteiger partial charge in [0.2, 0.25) is 5.91 Å². The van der Waals surface area contributed by atoms with Crippen LogP contribution in [0.4, 0.5) is 11.4 Å². The van der Waals surface area contributed by atoms with E-state index in [2.05, 4.69) is 16.0 Å². The van der Waals surface area contributed by atoms with Crippen LogP contribution >= 0.6 is 35.0 Å². The van der Waals surface area contributed by atoms with Crippen molar-refractivity contribution in [2.45, 2.75) is 11.8 Å². The fraction of sp³-hybridized carbons (Fsp3) is 0.0645. The molecule has 0 spiro atoms. The van der Waals surface area contributed by atoms with Crippen LogP contribution in [0.1, 0.15) is 21.5 Å². The Bertz CT molecular complexity index is 1580. The molecular formula is C31H25Cl2N3O3S. The van der Waals surface area contributed by atoms with Crippen molar-refractivity contribution in [3.05, 3.63) is 129 Å². The Morgan fingerprint density at radius 1 is 0.800 bits per heavy atom. The highest BCUT2D eigenvalue weighted by atomic mass is 35.5. The number of benzene rings is 4. The maximum Gasteiger partial charge on any atom is 0.272 e. The summed E-state index contributed by atoms with van der Waals surface area (Å²) >= 11 is 13.8. The first-order chi connectivity index (χ1) is 19.3. The molecule has 3 amide bonds. The van der Waals surface area contributed by atoms with Crippen molar-refractivity contribution < 1.29 is 14.4 Å². The summed E-state index contributed by atoms with van der Waals surface area (Å²) in [6.07, 6.45) is 1.47. The van der Waals surface area contributed by atoms with Gasteiger partial charge in [0, 0.05) is 21.8 Å². The second-order valence-corrected chi connectivity index (χ2v) is 10.5. The molecule has 0 atom stereocenters. The highest BCUT2D eigenvalue weighted by Crippen LogP contribution is 2.28. The van der Waals surface area contributed by atoms with Gasteiger partial charge in [-0.15, -0.1) is 11.8 Å². The molecule has 4 aromatic carbocycles. The quantitative estimate of drug-likeness (QED) is 0.140. The van der Waals surface area contributed by atoms with E-state index in [0.717, 1.165) is 16.1 Å². The Morgan fingerprint density at radius 2 is 1.50 bits per heavy atom. The van der Waals surface area contributed by atoms with Crippen molar-refractivity contribution in [3.63, 3.8) is 0 Å². The summed E-state index contributed by atoms with van der Waals surface area (Å²) in [4.78, 5) is 39.4. The van der Waals surface area contributed by atoms with Gasteiger partial charge in [0.25, 0.3) is 11.8 Å². The summed E-state index contributed by atoms with van der Waals surface area (Å²) in [5.74, 6) is -0.960. The molecule has 0 unspecified atom stereocenters. The zero-order chi connectivity index (χ0) is 28.5. The summed E-state index contributed by atoms with van der Waals surface area (Å²) in [7, 11) is 0. The first-order valence-corrected chi connectivity index (χ1v) is 14.0. The molecule has 0 radical (unpaired) electrons. The number of carbonyl (C=O) groups excluding carboxylic acids is 3. The summed E-state index contributed by atoms with van der Waals surface area (Å²) in [5.41, 5.74) is 3.13. The van der Waals surface area contributed by atoms with Crippen molar-refractivity contribution in [2.24, 2.45) is 0 Å². The number of hydrogen-bond acceptors (Lipinski definition) is 4. The first kappa shape index (κ1) is 29.0. The van der Waals surface area contributed by atoms with E-state index in [1.807, 2.05) is 37.3 Å². The van der Waals surface area contributed by atoms with Gasteiger partial charge >= 0.3 is 0 Å². The van der Waals surface area contributed by atoms with Gasteiger partial charge in [0.05, 0.1) is 15.8 Å². The van der Waals surface area contributed by atoms with Crippen LogP contribution in [-0.2, 0) is 9.59 Å². The number of halogens is 2. The van der Waals surface area contributed by atoms with Crippen LogP contribution in [0.2, 0.25) is 10.0 Å². The van der Waals surface area contributed by atoms with Crippen LogP contribution in [-0.4, -0.2) is 23.5 Å². The Hall–Kier alpha value is -4.04. The molecule has 0 heterocycles. The van der Waals surface area contributed by atoms with Crippen LogP contribution in [0.3, 0.4) is 0 Å². The van der Waals surface area contributed by atoms with Crippen molar-refractivity contribution >= 4 is 70.1 Å². The third-order valence-electron chi connectivity index (χ3n) is 5.57. The topological polar surface area (TPSA) is 87.3 Å². The van der Waals surface area contributed by atoms with Gasteiger partial charge in [-0.05, 0) is 72.7 Å². The van der Waals surface area contributed by atoms with Crippen LogP contribution in [0.25, 0.3) is 6.08 Å². The van der Waals surface area contributed by atoms with Gasteiger partial charge in [-0.25, -0.2) is 0 Å². The second kappa shape index (κ2) is 13.8. The number of hydrogen-bond donors (Lipinski definition) is 3. The van der Waals surface area contributed by atoms with E-state index in [4.69, 9.17) is 23.2 Å². The molecule has 0 saturated carbocycles. The summed E-state index contributed by atoms with van der Waals surface area (Å²) in [5, 5.41) is 8.95. The lowest BCUT2D eigenvalue weighted by molar-refractivity contribution is -0.114. The van der Waals surface area contributed by atoms with Crippen molar-refractivity contribution in [1.29, 1.82) is 0 Å². The Morgan fingerprint density at radius 3 is 2.25 bits per heavy atom. The molecule has 4 rings (SSSR count). The smallest absolute Gasteiger partial charge is 0.272 e. The molecule has 0 aromatic heterocycles. The lowest BCUT2D eigenvalue weighted by Crippen LogP contribution is -2.30. The molecule has 9 heteroatoms. The molecule has 40 heavy (non-hydrogen) atoms. The van der Waals surface area contributed by atoms with Crippen LogP contribution in [0.5, 0.6) is 0 Å². The predicted octanol–water partition coefficient (Wildman–Crippen LogP) is 7.44. The van der Waals surface area contributed by atoms with Gasteiger partial charge in [-0.1, -0.05) is 71.7 Å². The number of thioether (sulfide) groups is 1. The number of aryl methyl sites for hydroxylation is 1. The molecule has 3 N–H and O–H groups in total. The third kappa shape index (κ3) is 8.23. The SMILES string of the molecule is Cc1cccc(NC(=O)CSc2cccc(NC(=O)/C(=C\c3cccc(Cl)c3Cl)NC(=O)c3ccccc3)c2)c1. The van der Waals surface area contributed by atoms with Crippen molar-refractivity contribution in [2.75, 3.05) is 16.4 Å². The van der Waals surface area contributed by atoms with E-state index in [1.54, 1.807) is 66.7 Å². The van der Waals surface area contributed by atoms with E-state index in [9.17, 15) is 14.4 Å². The number of rotatable bonds is 9. The van der Waals surface area contributed by atoms with Crippen LogP contribution < -0.4 is 16.0 Å². The third-order valence-corrected chi connectivity index (χ3v) is 7.40. The minimum Gasteiger partial charge on any atom is -0.325 e. The molecule has 202 valence electrons. The normalized spacial score (nSPS) is 11.0. The summed E-state index contributed by atoms with van der Waals surface area (Å²) < 4.78 is 0. The van der Waals surface area contributed by atoms with E-state index in [-0.39, 0.29) is 22.4 Å².